The lowest BCUT2D eigenvalue weighted by atomic mass is 9.95. The van der Waals surface area contributed by atoms with Gasteiger partial charge in [-0.05, 0) is 50.3 Å². The average Bonchev–Trinajstić information content (AvgIpc) is 3.34. The van der Waals surface area contributed by atoms with E-state index < -0.39 is 0 Å². The molecule has 8 heteroatoms. The molecule has 29 heavy (non-hydrogen) atoms. The minimum Gasteiger partial charge on any atom is -0.379 e. The van der Waals surface area contributed by atoms with Gasteiger partial charge >= 0.3 is 6.03 Å². The Hall–Kier alpha value is -2.03. The first-order valence-electron chi connectivity index (χ1n) is 10.1. The van der Waals surface area contributed by atoms with E-state index in [1.165, 1.54) is 0 Å². The van der Waals surface area contributed by atoms with Gasteiger partial charge in [-0.3, -0.25) is 4.90 Å². The van der Waals surface area contributed by atoms with Crippen LogP contribution in [0.1, 0.15) is 17.8 Å². The van der Waals surface area contributed by atoms with Gasteiger partial charge in [-0.15, -0.1) is 0 Å². The number of ether oxygens (including phenoxy) is 1. The van der Waals surface area contributed by atoms with Crippen LogP contribution in [-0.4, -0.2) is 70.6 Å². The van der Waals surface area contributed by atoms with Crippen LogP contribution in [0.25, 0.3) is 5.69 Å². The fraction of sp³-hybridized carbons (Fsp3) is 0.524. The van der Waals surface area contributed by atoms with E-state index in [0.717, 1.165) is 67.0 Å². The van der Waals surface area contributed by atoms with E-state index in [1.54, 1.807) is 0 Å². The third-order valence-corrected chi connectivity index (χ3v) is 6.93. The molecule has 0 bridgehead atoms. The van der Waals surface area contributed by atoms with Crippen molar-refractivity contribution in [2.24, 2.45) is 0 Å². The molecule has 2 aliphatic rings. The van der Waals surface area contributed by atoms with E-state index in [0.29, 0.717) is 6.54 Å². The van der Waals surface area contributed by atoms with Crippen LogP contribution >= 0.6 is 11.8 Å². The zero-order valence-corrected chi connectivity index (χ0v) is 17.9. The van der Waals surface area contributed by atoms with Crippen LogP contribution in [0.15, 0.2) is 30.3 Å². The summed E-state index contributed by atoms with van der Waals surface area (Å²) in [5.41, 5.74) is 3.77. The van der Waals surface area contributed by atoms with Crippen molar-refractivity contribution in [1.29, 1.82) is 0 Å². The highest BCUT2D eigenvalue weighted by Gasteiger charge is 2.40. The number of urea groups is 1. The summed E-state index contributed by atoms with van der Waals surface area (Å²) in [7, 11) is 0. The summed E-state index contributed by atoms with van der Waals surface area (Å²) < 4.78 is 7.40. The average molecular weight is 416 g/mol. The fourth-order valence-corrected chi connectivity index (χ4v) is 5.64. The summed E-state index contributed by atoms with van der Waals surface area (Å²) in [5.74, 6) is 2.20. The standard InChI is InChI=1S/C21H29N5O2S/c1-16-12-17(2)26(24-16)19-5-3-4-18(13-19)23-20(27)22-14-21(6-11-29-15-21)25-7-9-28-10-8-25/h3-5,12-13H,6-11,14-15H2,1-2H3,(H2,22,23,27). The second kappa shape index (κ2) is 8.77. The van der Waals surface area contributed by atoms with Gasteiger partial charge in [0.15, 0.2) is 0 Å². The number of anilines is 1. The molecule has 7 nitrogen and oxygen atoms in total. The predicted octanol–water partition coefficient (Wildman–Crippen LogP) is 2.82. The number of aromatic nitrogens is 2. The van der Waals surface area contributed by atoms with E-state index in [4.69, 9.17) is 4.74 Å². The molecule has 0 saturated carbocycles. The molecule has 156 valence electrons. The molecule has 4 rings (SSSR count). The summed E-state index contributed by atoms with van der Waals surface area (Å²) in [4.78, 5) is 15.1. The summed E-state index contributed by atoms with van der Waals surface area (Å²) in [6, 6.07) is 9.65. The van der Waals surface area contributed by atoms with Gasteiger partial charge in [-0.1, -0.05) is 6.07 Å². The minimum absolute atomic E-state index is 0.0390. The number of aryl methyl sites for hydroxylation is 2. The lowest BCUT2D eigenvalue weighted by Crippen LogP contribution is -2.59. The van der Waals surface area contributed by atoms with Gasteiger partial charge in [-0.2, -0.15) is 16.9 Å². The SMILES string of the molecule is Cc1cc(C)n(-c2cccc(NC(=O)NCC3(N4CCOCC4)CCSC3)c2)n1. The molecule has 0 aliphatic carbocycles. The van der Waals surface area contributed by atoms with Crippen LogP contribution in [0.5, 0.6) is 0 Å². The lowest BCUT2D eigenvalue weighted by molar-refractivity contribution is -0.0123. The quantitative estimate of drug-likeness (QED) is 0.786. The van der Waals surface area contributed by atoms with E-state index in [-0.39, 0.29) is 11.6 Å². The van der Waals surface area contributed by atoms with Crippen molar-refractivity contribution in [3.63, 3.8) is 0 Å². The molecule has 2 fully saturated rings. The van der Waals surface area contributed by atoms with Crippen molar-refractivity contribution >= 4 is 23.5 Å². The number of amides is 2. The van der Waals surface area contributed by atoms with Crippen LogP contribution in [0.2, 0.25) is 0 Å². The molecule has 2 aliphatic heterocycles. The topological polar surface area (TPSA) is 71.4 Å². The number of carbonyl (C=O) groups excluding carboxylic acids is 1. The molecule has 2 N–H and O–H groups in total. The largest absolute Gasteiger partial charge is 0.379 e. The van der Waals surface area contributed by atoms with Crippen molar-refractivity contribution in [3.8, 4) is 5.69 Å². The third kappa shape index (κ3) is 4.60. The fourth-order valence-electron chi connectivity index (χ4n) is 4.16. The Bertz CT molecular complexity index is 857. The van der Waals surface area contributed by atoms with Crippen LogP contribution in [0.4, 0.5) is 10.5 Å². The molecule has 2 saturated heterocycles. The first kappa shape index (κ1) is 20.3. The molecule has 2 aromatic rings. The van der Waals surface area contributed by atoms with Gasteiger partial charge in [0.1, 0.15) is 0 Å². The van der Waals surface area contributed by atoms with Crippen molar-refractivity contribution in [2.75, 3.05) is 49.7 Å². The Labute approximate surface area is 176 Å². The number of carbonyl (C=O) groups is 1. The molecule has 0 spiro atoms. The van der Waals surface area contributed by atoms with Gasteiger partial charge < -0.3 is 15.4 Å². The monoisotopic (exact) mass is 415 g/mol. The number of morpholine rings is 1. The third-order valence-electron chi connectivity index (χ3n) is 5.70. The Morgan fingerprint density at radius 1 is 1.28 bits per heavy atom. The smallest absolute Gasteiger partial charge is 0.319 e. The molecule has 0 radical (unpaired) electrons. The van der Waals surface area contributed by atoms with Gasteiger partial charge in [-0.25, -0.2) is 9.48 Å². The van der Waals surface area contributed by atoms with Crippen molar-refractivity contribution in [1.82, 2.24) is 20.0 Å². The molecule has 1 aromatic carbocycles. The number of benzene rings is 1. The van der Waals surface area contributed by atoms with E-state index in [9.17, 15) is 4.79 Å². The Balaban J connectivity index is 1.39. The maximum Gasteiger partial charge on any atom is 0.319 e. The molecule has 3 heterocycles. The predicted molar refractivity (Wildman–Crippen MR) is 117 cm³/mol. The molecule has 1 unspecified atom stereocenters. The highest BCUT2D eigenvalue weighted by atomic mass is 32.2. The Kier molecular flexibility index (Phi) is 6.12. The van der Waals surface area contributed by atoms with Gasteiger partial charge in [0.05, 0.1) is 24.6 Å². The second-order valence-electron chi connectivity index (χ2n) is 7.82. The Morgan fingerprint density at radius 2 is 2.10 bits per heavy atom. The Morgan fingerprint density at radius 3 is 2.79 bits per heavy atom. The molecular formula is C21H29N5O2S. The molecule has 1 atom stereocenters. The van der Waals surface area contributed by atoms with Crippen molar-refractivity contribution in [2.45, 2.75) is 25.8 Å². The van der Waals surface area contributed by atoms with Crippen molar-refractivity contribution in [3.05, 3.63) is 41.7 Å². The van der Waals surface area contributed by atoms with E-state index >= 15 is 0 Å². The summed E-state index contributed by atoms with van der Waals surface area (Å²) in [5, 5.41) is 10.6. The first-order chi connectivity index (χ1) is 14.1. The van der Waals surface area contributed by atoms with Crippen molar-refractivity contribution < 1.29 is 9.53 Å². The van der Waals surface area contributed by atoms with Crippen LogP contribution in [-0.2, 0) is 4.74 Å². The maximum atomic E-state index is 12.6. The lowest BCUT2D eigenvalue weighted by Gasteiger charge is -2.43. The first-order valence-corrected chi connectivity index (χ1v) is 11.3. The number of rotatable bonds is 5. The molecule has 1 aromatic heterocycles. The zero-order valence-electron chi connectivity index (χ0n) is 17.1. The van der Waals surface area contributed by atoms with Gasteiger partial charge in [0, 0.05) is 42.3 Å². The number of hydrogen-bond acceptors (Lipinski definition) is 5. The number of nitrogens with one attached hydrogen (secondary N) is 2. The number of hydrogen-bond donors (Lipinski definition) is 2. The number of nitrogens with zero attached hydrogens (tertiary/aromatic N) is 3. The normalized spacial score (nSPS) is 22.6. The summed E-state index contributed by atoms with van der Waals surface area (Å²) in [6.07, 6.45) is 1.10. The minimum atomic E-state index is -0.167. The zero-order chi connectivity index (χ0) is 20.3. The molecular weight excluding hydrogens is 386 g/mol. The van der Waals surface area contributed by atoms with Crippen LogP contribution < -0.4 is 10.6 Å². The maximum absolute atomic E-state index is 12.6. The highest BCUT2D eigenvalue weighted by Crippen LogP contribution is 2.33. The summed E-state index contributed by atoms with van der Waals surface area (Å²) >= 11 is 1.97. The van der Waals surface area contributed by atoms with Gasteiger partial charge in [0.2, 0.25) is 0 Å². The number of thioether (sulfide) groups is 1. The highest BCUT2D eigenvalue weighted by molar-refractivity contribution is 7.99. The summed E-state index contributed by atoms with van der Waals surface area (Å²) in [6.45, 7) is 8.09. The van der Waals surface area contributed by atoms with E-state index in [1.807, 2.05) is 60.6 Å². The second-order valence-corrected chi connectivity index (χ2v) is 8.93. The van der Waals surface area contributed by atoms with E-state index in [2.05, 4.69) is 20.6 Å². The molecule has 2 amide bonds. The van der Waals surface area contributed by atoms with Crippen LogP contribution in [0, 0.1) is 13.8 Å². The van der Waals surface area contributed by atoms with Crippen LogP contribution in [0.3, 0.4) is 0 Å². The van der Waals surface area contributed by atoms with Gasteiger partial charge in [0.25, 0.3) is 0 Å².